The summed E-state index contributed by atoms with van der Waals surface area (Å²) in [5.74, 6) is -1.69. The first-order chi connectivity index (χ1) is 13.9. The van der Waals surface area contributed by atoms with Crippen LogP contribution in [0.1, 0.15) is 5.56 Å². The van der Waals surface area contributed by atoms with Gasteiger partial charge in [0.05, 0.1) is 23.5 Å². The molecule has 0 unspecified atom stereocenters. The Morgan fingerprint density at radius 1 is 1.17 bits per heavy atom. The number of hydrogen-bond donors (Lipinski definition) is 2. The number of benzene rings is 2. The number of H-pyrrole nitrogens is 1. The highest BCUT2D eigenvalue weighted by Gasteiger charge is 2.25. The summed E-state index contributed by atoms with van der Waals surface area (Å²) in [6, 6.07) is 4.34. The Morgan fingerprint density at radius 2 is 1.97 bits per heavy atom. The minimum Gasteiger partial charge on any atom is -0.506 e. The third-order valence-electron chi connectivity index (χ3n) is 4.66. The van der Waals surface area contributed by atoms with Gasteiger partial charge in [-0.25, -0.2) is 13.8 Å². The summed E-state index contributed by atoms with van der Waals surface area (Å²) < 4.78 is 41.4. The van der Waals surface area contributed by atoms with Crippen molar-refractivity contribution in [1.82, 2.24) is 15.2 Å². The van der Waals surface area contributed by atoms with Crippen LogP contribution in [0.2, 0.25) is 5.02 Å². The van der Waals surface area contributed by atoms with Crippen molar-refractivity contribution in [2.75, 3.05) is 20.3 Å². The van der Waals surface area contributed by atoms with Crippen LogP contribution in [0.15, 0.2) is 24.4 Å². The summed E-state index contributed by atoms with van der Waals surface area (Å²) in [6.07, 6.45) is 1.38. The summed E-state index contributed by atoms with van der Waals surface area (Å²) in [6.45, 7) is 1.74. The van der Waals surface area contributed by atoms with Crippen molar-refractivity contribution >= 4 is 33.4 Å². The van der Waals surface area contributed by atoms with Crippen LogP contribution < -0.4 is 4.74 Å². The van der Waals surface area contributed by atoms with Crippen LogP contribution in [0.5, 0.6) is 11.5 Å². The van der Waals surface area contributed by atoms with Crippen molar-refractivity contribution in [3.8, 4) is 22.8 Å². The SMILES string of the molecule is COCCOc1c(C)c(F)c2c(-c3ccc(O)c(Cl)c3)nc3[nH]ncc3c2c1F. The van der Waals surface area contributed by atoms with Crippen molar-refractivity contribution in [2.24, 2.45) is 0 Å². The van der Waals surface area contributed by atoms with Gasteiger partial charge in [-0.1, -0.05) is 11.6 Å². The second kappa shape index (κ2) is 7.46. The Morgan fingerprint density at radius 3 is 2.69 bits per heavy atom. The monoisotopic (exact) mass is 419 g/mol. The van der Waals surface area contributed by atoms with Crippen LogP contribution in [0, 0.1) is 18.6 Å². The first kappa shape index (κ1) is 19.4. The van der Waals surface area contributed by atoms with E-state index in [1.54, 1.807) is 0 Å². The molecule has 0 spiro atoms. The second-order valence-corrected chi connectivity index (χ2v) is 6.84. The number of aromatic amines is 1. The molecule has 6 nitrogen and oxygen atoms in total. The van der Waals surface area contributed by atoms with Crippen molar-refractivity contribution in [3.63, 3.8) is 0 Å². The molecule has 2 N–H and O–H groups in total. The number of rotatable bonds is 5. The molecule has 0 aliphatic heterocycles. The standard InChI is InChI=1S/C20H16ClF2N3O3/c1-9-16(22)15-14(17(23)19(9)29-6-5-28-2)11-8-24-26-20(11)25-18(15)10-3-4-13(27)12(21)7-10/h3-4,7-8,27H,5-6H2,1-2H3,(H,24,25,26). The zero-order valence-electron chi connectivity index (χ0n) is 15.5. The molecule has 150 valence electrons. The van der Waals surface area contributed by atoms with Gasteiger partial charge in [-0.15, -0.1) is 0 Å². The lowest BCUT2D eigenvalue weighted by molar-refractivity contribution is 0.143. The minimum absolute atomic E-state index is 0.00142. The molecule has 4 aromatic rings. The quantitative estimate of drug-likeness (QED) is 0.456. The fourth-order valence-electron chi connectivity index (χ4n) is 3.24. The molecule has 9 heteroatoms. The summed E-state index contributed by atoms with van der Waals surface area (Å²) in [7, 11) is 1.49. The van der Waals surface area contributed by atoms with Crippen LogP contribution in [0.25, 0.3) is 33.1 Å². The van der Waals surface area contributed by atoms with Crippen LogP contribution in [-0.4, -0.2) is 40.6 Å². The molecule has 2 heterocycles. The first-order valence-electron chi connectivity index (χ1n) is 8.69. The van der Waals surface area contributed by atoms with Crippen molar-refractivity contribution in [3.05, 3.63) is 46.6 Å². The number of hydrogen-bond acceptors (Lipinski definition) is 5. The number of halogens is 3. The number of aromatic hydroxyl groups is 1. The third kappa shape index (κ3) is 3.14. The normalized spacial score (nSPS) is 11.5. The molecule has 0 fully saturated rings. The van der Waals surface area contributed by atoms with E-state index in [0.29, 0.717) is 10.9 Å². The molecule has 0 aliphatic rings. The van der Waals surface area contributed by atoms with Crippen LogP contribution >= 0.6 is 11.6 Å². The van der Waals surface area contributed by atoms with Gasteiger partial charge in [-0.05, 0) is 25.1 Å². The zero-order chi connectivity index (χ0) is 20.7. The lowest BCUT2D eigenvalue weighted by atomic mass is 9.98. The molecule has 0 atom stereocenters. The average molecular weight is 420 g/mol. The van der Waals surface area contributed by atoms with Crippen LogP contribution in [0.3, 0.4) is 0 Å². The average Bonchev–Trinajstić information content (AvgIpc) is 3.18. The molecule has 2 aromatic heterocycles. The van der Waals surface area contributed by atoms with Gasteiger partial charge in [0.25, 0.3) is 0 Å². The van der Waals surface area contributed by atoms with Crippen LogP contribution in [0.4, 0.5) is 8.78 Å². The lowest BCUT2D eigenvalue weighted by Gasteiger charge is -2.16. The fraction of sp³-hybridized carbons (Fsp3) is 0.200. The summed E-state index contributed by atoms with van der Waals surface area (Å²) >= 11 is 6.01. The van der Waals surface area contributed by atoms with Gasteiger partial charge in [-0.2, -0.15) is 5.10 Å². The molecule has 29 heavy (non-hydrogen) atoms. The molecule has 0 amide bonds. The highest BCUT2D eigenvalue weighted by molar-refractivity contribution is 6.32. The van der Waals surface area contributed by atoms with E-state index in [4.69, 9.17) is 21.1 Å². The van der Waals surface area contributed by atoms with Crippen molar-refractivity contribution in [1.29, 1.82) is 0 Å². The van der Waals surface area contributed by atoms with Gasteiger partial charge in [0.2, 0.25) is 0 Å². The number of aromatic nitrogens is 3. The first-order valence-corrected chi connectivity index (χ1v) is 9.06. The topological polar surface area (TPSA) is 80.3 Å². The highest BCUT2D eigenvalue weighted by Crippen LogP contribution is 2.41. The number of phenols is 1. The Labute approximate surface area is 169 Å². The fourth-order valence-corrected chi connectivity index (χ4v) is 3.42. The lowest BCUT2D eigenvalue weighted by Crippen LogP contribution is -2.08. The molecule has 0 saturated heterocycles. The molecule has 0 aliphatic carbocycles. The van der Waals surface area contributed by atoms with Gasteiger partial charge in [0, 0.05) is 34.4 Å². The summed E-state index contributed by atoms with van der Waals surface area (Å²) in [4.78, 5) is 4.43. The number of nitrogens with one attached hydrogen (secondary N) is 1. The van der Waals surface area contributed by atoms with Gasteiger partial charge in [0.1, 0.15) is 18.2 Å². The Kier molecular flexibility index (Phi) is 4.97. The molecule has 2 aromatic carbocycles. The third-order valence-corrected chi connectivity index (χ3v) is 4.96. The molecular weight excluding hydrogens is 404 g/mol. The van der Waals surface area contributed by atoms with E-state index in [-0.39, 0.29) is 57.4 Å². The van der Waals surface area contributed by atoms with Gasteiger partial charge < -0.3 is 14.6 Å². The van der Waals surface area contributed by atoms with Gasteiger partial charge in [0.15, 0.2) is 17.2 Å². The number of fused-ring (bicyclic) bond motifs is 3. The van der Waals surface area contributed by atoms with Crippen molar-refractivity contribution in [2.45, 2.75) is 6.92 Å². The van der Waals surface area contributed by atoms with Crippen molar-refractivity contribution < 1.29 is 23.4 Å². The minimum atomic E-state index is -0.713. The zero-order valence-corrected chi connectivity index (χ0v) is 16.3. The second-order valence-electron chi connectivity index (χ2n) is 6.43. The van der Waals surface area contributed by atoms with Gasteiger partial charge >= 0.3 is 0 Å². The van der Waals surface area contributed by atoms with E-state index in [1.807, 2.05) is 0 Å². The molecular formula is C20H16ClF2N3O3. The Hall–Kier alpha value is -2.97. The molecule has 4 rings (SSSR count). The number of methoxy groups -OCH3 is 1. The maximum Gasteiger partial charge on any atom is 0.174 e. The van der Waals surface area contributed by atoms with E-state index in [1.165, 1.54) is 38.4 Å². The number of phenolic OH excluding ortho intramolecular Hbond substituents is 1. The highest BCUT2D eigenvalue weighted by atomic mass is 35.5. The van der Waals surface area contributed by atoms with E-state index in [2.05, 4.69) is 15.2 Å². The molecule has 0 bridgehead atoms. The summed E-state index contributed by atoms with van der Waals surface area (Å²) in [5, 5.41) is 16.7. The largest absolute Gasteiger partial charge is 0.506 e. The maximum atomic E-state index is 15.5. The predicted octanol–water partition coefficient (Wildman–Crippen LogP) is 4.75. The predicted molar refractivity (Wildman–Crippen MR) is 106 cm³/mol. The van der Waals surface area contributed by atoms with Gasteiger partial charge in [-0.3, -0.25) is 5.10 Å². The number of nitrogens with zero attached hydrogens (tertiary/aromatic N) is 2. The van der Waals surface area contributed by atoms with E-state index in [0.717, 1.165) is 0 Å². The van der Waals surface area contributed by atoms with E-state index >= 15 is 8.78 Å². The van der Waals surface area contributed by atoms with E-state index in [9.17, 15) is 5.11 Å². The van der Waals surface area contributed by atoms with Crippen LogP contribution in [-0.2, 0) is 4.74 Å². The smallest absolute Gasteiger partial charge is 0.174 e. The molecule has 0 radical (unpaired) electrons. The van der Waals surface area contributed by atoms with E-state index < -0.39 is 11.6 Å². The Bertz CT molecular complexity index is 1240. The molecule has 0 saturated carbocycles. The maximum absolute atomic E-state index is 15.5. The number of pyridine rings is 1. The number of ether oxygens (including phenoxy) is 2. The Balaban J connectivity index is 2.08. The summed E-state index contributed by atoms with van der Waals surface area (Å²) in [5.41, 5.74) is 0.880.